The van der Waals surface area contributed by atoms with Crippen LogP contribution in [0.2, 0.25) is 0 Å². The second-order valence-electron chi connectivity index (χ2n) is 4.40. The molecule has 0 saturated carbocycles. The Kier molecular flexibility index (Phi) is 5.55. The van der Waals surface area contributed by atoms with Gasteiger partial charge in [0.15, 0.2) is 0 Å². The van der Waals surface area contributed by atoms with E-state index in [1.807, 2.05) is 24.3 Å². The molecule has 0 aromatic heterocycles. The zero-order chi connectivity index (χ0) is 13.6. The molecule has 0 unspecified atom stereocenters. The van der Waals surface area contributed by atoms with Gasteiger partial charge < -0.3 is 24.8 Å². The van der Waals surface area contributed by atoms with Gasteiger partial charge in [-0.15, -0.1) is 0 Å². The summed E-state index contributed by atoms with van der Waals surface area (Å²) in [6, 6.07) is 7.35. The molecule has 3 N–H and O–H groups in total. The van der Waals surface area contributed by atoms with Crippen molar-refractivity contribution >= 4 is 0 Å². The molecule has 0 aliphatic heterocycles. The van der Waals surface area contributed by atoms with Gasteiger partial charge in [-0.2, -0.15) is 0 Å². The van der Waals surface area contributed by atoms with Gasteiger partial charge in [0, 0.05) is 0 Å². The van der Waals surface area contributed by atoms with Gasteiger partial charge in [-0.05, 0) is 24.6 Å². The third-order valence-corrected chi connectivity index (χ3v) is 2.71. The summed E-state index contributed by atoms with van der Waals surface area (Å²) in [6.07, 6.45) is -1.21. The van der Waals surface area contributed by atoms with E-state index in [1.165, 1.54) is 6.92 Å². The van der Waals surface area contributed by atoms with Gasteiger partial charge >= 0.3 is 0 Å². The summed E-state index contributed by atoms with van der Waals surface area (Å²) in [7, 11) is 1.60. The number of methoxy groups -OCH3 is 1. The molecule has 0 aliphatic carbocycles. The Morgan fingerprint density at radius 2 is 1.89 bits per heavy atom. The smallest absolute Gasteiger partial charge is 0.118 e. The molecule has 5 heteroatoms. The Balaban J connectivity index is 2.41. The highest BCUT2D eigenvalue weighted by Gasteiger charge is 2.29. The molecule has 0 radical (unpaired) electrons. The van der Waals surface area contributed by atoms with E-state index >= 15 is 0 Å². The molecule has 1 aromatic rings. The van der Waals surface area contributed by atoms with Crippen molar-refractivity contribution in [2.24, 2.45) is 0 Å². The highest BCUT2D eigenvalue weighted by Crippen LogP contribution is 2.14. The number of aliphatic hydroxyl groups excluding tert-OH is 2. The number of rotatable bonds is 7. The van der Waals surface area contributed by atoms with E-state index < -0.39 is 18.3 Å². The first-order valence-corrected chi connectivity index (χ1v) is 5.71. The van der Waals surface area contributed by atoms with E-state index in [9.17, 15) is 10.2 Å². The van der Waals surface area contributed by atoms with Gasteiger partial charge in [0.1, 0.15) is 17.5 Å². The average Bonchev–Trinajstić information content (AvgIpc) is 2.38. The fourth-order valence-corrected chi connectivity index (χ4v) is 1.39. The molecule has 0 heterocycles. The molecule has 0 saturated heterocycles. The first kappa shape index (κ1) is 14.9. The summed E-state index contributed by atoms with van der Waals surface area (Å²) in [5.74, 6) is 0.765. The van der Waals surface area contributed by atoms with Gasteiger partial charge in [-0.25, -0.2) is 0 Å². The fourth-order valence-electron chi connectivity index (χ4n) is 1.39. The zero-order valence-corrected chi connectivity index (χ0v) is 10.7. The molecule has 0 aliphatic rings. The summed E-state index contributed by atoms with van der Waals surface area (Å²) >= 11 is 0. The van der Waals surface area contributed by atoms with Gasteiger partial charge in [-0.1, -0.05) is 12.1 Å². The number of aliphatic hydroxyl groups is 3. The molecule has 0 fully saturated rings. The highest BCUT2D eigenvalue weighted by atomic mass is 16.5. The van der Waals surface area contributed by atoms with Crippen molar-refractivity contribution < 1.29 is 24.8 Å². The van der Waals surface area contributed by atoms with E-state index in [2.05, 4.69) is 0 Å². The summed E-state index contributed by atoms with van der Waals surface area (Å²) in [5.41, 5.74) is -0.522. The number of hydrogen-bond donors (Lipinski definition) is 3. The lowest BCUT2D eigenvalue weighted by molar-refractivity contribution is -0.125. The van der Waals surface area contributed by atoms with Crippen LogP contribution in [0.4, 0.5) is 0 Å². The highest BCUT2D eigenvalue weighted by molar-refractivity contribution is 5.26. The van der Waals surface area contributed by atoms with Crippen LogP contribution in [-0.2, 0) is 11.3 Å². The Morgan fingerprint density at radius 3 is 2.39 bits per heavy atom. The Bertz CT molecular complexity index is 347. The predicted molar refractivity (Wildman–Crippen MR) is 66.4 cm³/mol. The first-order chi connectivity index (χ1) is 8.49. The third-order valence-electron chi connectivity index (χ3n) is 2.71. The molecule has 102 valence electrons. The van der Waals surface area contributed by atoms with Gasteiger partial charge in [0.25, 0.3) is 0 Å². The minimum atomic E-state index is -1.46. The van der Waals surface area contributed by atoms with Crippen molar-refractivity contribution in [3.05, 3.63) is 29.8 Å². The predicted octanol–water partition coefficient (Wildman–Crippen LogP) is 0.316. The van der Waals surface area contributed by atoms with E-state index in [1.54, 1.807) is 7.11 Å². The lowest BCUT2D eigenvalue weighted by atomic mass is 10.0. The van der Waals surface area contributed by atoms with Crippen LogP contribution in [0.3, 0.4) is 0 Å². The van der Waals surface area contributed by atoms with Crippen LogP contribution in [0.15, 0.2) is 24.3 Å². The van der Waals surface area contributed by atoms with Crippen molar-refractivity contribution in [2.75, 3.05) is 20.3 Å². The molecule has 5 nitrogen and oxygen atoms in total. The Labute approximate surface area is 107 Å². The molecule has 1 aromatic carbocycles. The third kappa shape index (κ3) is 4.27. The van der Waals surface area contributed by atoms with Crippen LogP contribution in [-0.4, -0.2) is 47.3 Å². The van der Waals surface area contributed by atoms with Crippen LogP contribution in [0.5, 0.6) is 5.75 Å². The maximum Gasteiger partial charge on any atom is 0.118 e. The lowest BCUT2D eigenvalue weighted by Gasteiger charge is -2.27. The molecular formula is C13H20O5. The molecule has 0 spiro atoms. The summed E-state index contributed by atoms with van der Waals surface area (Å²) in [4.78, 5) is 0. The number of benzene rings is 1. The maximum absolute atomic E-state index is 9.79. The number of ether oxygens (including phenoxy) is 2. The first-order valence-electron chi connectivity index (χ1n) is 5.71. The second-order valence-corrected chi connectivity index (χ2v) is 4.40. The molecule has 1 rings (SSSR count). The normalized spacial score (nSPS) is 16.1. The molecule has 0 amide bonds. The van der Waals surface area contributed by atoms with E-state index in [4.69, 9.17) is 14.6 Å². The van der Waals surface area contributed by atoms with Gasteiger partial charge in [0.2, 0.25) is 0 Å². The Morgan fingerprint density at radius 1 is 1.28 bits per heavy atom. The zero-order valence-electron chi connectivity index (χ0n) is 10.7. The maximum atomic E-state index is 9.79. The van der Waals surface area contributed by atoms with Gasteiger partial charge in [-0.3, -0.25) is 0 Å². The van der Waals surface area contributed by atoms with Crippen molar-refractivity contribution in [3.8, 4) is 5.75 Å². The minimum Gasteiger partial charge on any atom is -0.497 e. The van der Waals surface area contributed by atoms with Crippen LogP contribution in [0, 0.1) is 0 Å². The fraction of sp³-hybridized carbons (Fsp3) is 0.538. The monoisotopic (exact) mass is 256 g/mol. The van der Waals surface area contributed by atoms with Gasteiger partial charge in [0.05, 0.1) is 26.9 Å². The summed E-state index contributed by atoms with van der Waals surface area (Å²) < 4.78 is 10.4. The van der Waals surface area contributed by atoms with Crippen LogP contribution >= 0.6 is 0 Å². The second kappa shape index (κ2) is 6.70. The molecule has 18 heavy (non-hydrogen) atoms. The van der Waals surface area contributed by atoms with Crippen LogP contribution in [0.1, 0.15) is 12.5 Å². The van der Waals surface area contributed by atoms with E-state index in [0.717, 1.165) is 11.3 Å². The molecule has 0 bridgehead atoms. The van der Waals surface area contributed by atoms with Crippen molar-refractivity contribution in [3.63, 3.8) is 0 Å². The number of hydrogen-bond acceptors (Lipinski definition) is 5. The van der Waals surface area contributed by atoms with Crippen LogP contribution < -0.4 is 4.74 Å². The SMILES string of the molecule is COc1ccc(COC[C@](C)(O)[C@H](O)CO)cc1. The lowest BCUT2D eigenvalue weighted by Crippen LogP contribution is -2.45. The summed E-state index contributed by atoms with van der Waals surface area (Å²) in [6.45, 7) is 1.18. The Hall–Kier alpha value is -1.14. The van der Waals surface area contributed by atoms with Crippen molar-refractivity contribution in [1.82, 2.24) is 0 Å². The van der Waals surface area contributed by atoms with Crippen LogP contribution in [0.25, 0.3) is 0 Å². The average molecular weight is 256 g/mol. The standard InChI is InChI=1S/C13H20O5/c1-13(16,12(15)7-14)9-18-8-10-3-5-11(17-2)6-4-10/h3-6,12,14-16H,7-9H2,1-2H3/t12-,13+/m1/s1. The quantitative estimate of drug-likeness (QED) is 0.654. The minimum absolute atomic E-state index is 0.0548. The molecule has 2 atom stereocenters. The van der Waals surface area contributed by atoms with E-state index in [0.29, 0.717) is 6.61 Å². The van der Waals surface area contributed by atoms with E-state index in [-0.39, 0.29) is 6.61 Å². The van der Waals surface area contributed by atoms with Crippen molar-refractivity contribution in [1.29, 1.82) is 0 Å². The largest absolute Gasteiger partial charge is 0.497 e. The topological polar surface area (TPSA) is 79.2 Å². The molecular weight excluding hydrogens is 236 g/mol. The van der Waals surface area contributed by atoms with Crippen molar-refractivity contribution in [2.45, 2.75) is 25.2 Å². The summed E-state index contributed by atoms with van der Waals surface area (Å²) in [5, 5.41) is 27.9.